The number of aryl methyl sites for hydroxylation is 1. The van der Waals surface area contributed by atoms with Gasteiger partial charge in [0.15, 0.2) is 17.3 Å². The summed E-state index contributed by atoms with van der Waals surface area (Å²) in [6.07, 6.45) is 4.33. The van der Waals surface area contributed by atoms with Crippen molar-refractivity contribution in [1.29, 1.82) is 0 Å². The van der Waals surface area contributed by atoms with Crippen LogP contribution in [-0.4, -0.2) is 41.9 Å². The van der Waals surface area contributed by atoms with Crippen molar-refractivity contribution in [3.8, 4) is 28.8 Å². The van der Waals surface area contributed by atoms with E-state index in [1.165, 1.54) is 0 Å². The topological polar surface area (TPSA) is 139 Å². The van der Waals surface area contributed by atoms with Crippen LogP contribution < -0.4 is 15.8 Å². The van der Waals surface area contributed by atoms with Crippen molar-refractivity contribution in [3.63, 3.8) is 0 Å². The van der Waals surface area contributed by atoms with E-state index in [2.05, 4.69) is 25.6 Å². The fraction of sp³-hybridized carbons (Fsp3) is 0.107. The highest BCUT2D eigenvalue weighted by molar-refractivity contribution is 5.94. The van der Waals surface area contributed by atoms with Gasteiger partial charge in [-0.05, 0) is 52.8 Å². The number of para-hydroxylation sites is 1. The number of pyridine rings is 1. The van der Waals surface area contributed by atoms with Crippen molar-refractivity contribution in [2.75, 3.05) is 12.3 Å². The maximum absolute atomic E-state index is 12.8. The lowest BCUT2D eigenvalue weighted by Crippen LogP contribution is -2.26. The van der Waals surface area contributed by atoms with Crippen LogP contribution in [0.1, 0.15) is 16.1 Å². The number of imidazole rings is 1. The molecule has 0 saturated heterocycles. The molecule has 0 saturated carbocycles. The highest BCUT2D eigenvalue weighted by Crippen LogP contribution is 2.32. The van der Waals surface area contributed by atoms with E-state index in [0.29, 0.717) is 40.8 Å². The molecule has 0 fully saturated rings. The first kappa shape index (κ1) is 23.9. The molecule has 2 aromatic carbocycles. The number of ether oxygens (including phenoxy) is 1. The third kappa shape index (κ3) is 4.80. The Hall–Kier alpha value is -5.45. The molecule has 6 aromatic rings. The molecule has 11 heteroatoms. The van der Waals surface area contributed by atoms with Gasteiger partial charge in [-0.25, -0.2) is 14.6 Å². The first-order chi connectivity index (χ1) is 19.1. The lowest BCUT2D eigenvalue weighted by molar-refractivity contribution is 0.0953. The van der Waals surface area contributed by atoms with Crippen LogP contribution in [0.15, 0.2) is 89.8 Å². The number of fused-ring (bicyclic) bond motifs is 1. The number of carbonyl (C=O) groups excluding carboxylic acids is 1. The van der Waals surface area contributed by atoms with Gasteiger partial charge in [-0.3, -0.25) is 9.36 Å². The van der Waals surface area contributed by atoms with Crippen LogP contribution in [0.5, 0.6) is 11.6 Å². The number of nitrogens with zero attached hydrogens (tertiary/aromatic N) is 6. The van der Waals surface area contributed by atoms with E-state index in [1.807, 2.05) is 64.8 Å². The van der Waals surface area contributed by atoms with Gasteiger partial charge < -0.3 is 20.4 Å². The molecule has 194 valence electrons. The molecule has 6 rings (SSSR count). The summed E-state index contributed by atoms with van der Waals surface area (Å²) in [5.74, 6) is 1.23. The van der Waals surface area contributed by atoms with Crippen LogP contribution in [0.2, 0.25) is 0 Å². The number of anilines is 1. The Labute approximate surface area is 222 Å². The predicted molar refractivity (Wildman–Crippen MR) is 145 cm³/mol. The molecule has 4 aromatic heterocycles. The summed E-state index contributed by atoms with van der Waals surface area (Å²) in [6, 6.07) is 22.4. The van der Waals surface area contributed by atoms with E-state index in [-0.39, 0.29) is 11.7 Å². The first-order valence-electron chi connectivity index (χ1n) is 12.3. The molecular formula is C28H24N8O3. The average molecular weight is 521 g/mol. The van der Waals surface area contributed by atoms with Crippen LogP contribution in [0.3, 0.4) is 0 Å². The van der Waals surface area contributed by atoms with Gasteiger partial charge in [0.1, 0.15) is 11.3 Å². The molecule has 3 N–H and O–H groups in total. The SMILES string of the molecule is Cn1cccc1CCNC(=O)c1cccc(Oc2cc3c(cn2)nc(-c2nonc2N)n3-c2ccccc2)c1. The molecule has 0 aliphatic carbocycles. The molecule has 0 bridgehead atoms. The Bertz CT molecular complexity index is 1770. The molecule has 39 heavy (non-hydrogen) atoms. The van der Waals surface area contributed by atoms with Crippen LogP contribution in [0.4, 0.5) is 5.82 Å². The van der Waals surface area contributed by atoms with Crippen LogP contribution >= 0.6 is 0 Å². The number of hydrogen-bond donors (Lipinski definition) is 2. The number of nitrogens with one attached hydrogen (secondary N) is 1. The lowest BCUT2D eigenvalue weighted by atomic mass is 10.2. The van der Waals surface area contributed by atoms with Gasteiger partial charge in [0.05, 0.1) is 11.7 Å². The average Bonchev–Trinajstić information content (AvgIpc) is 3.67. The fourth-order valence-electron chi connectivity index (χ4n) is 4.35. The number of amides is 1. The Morgan fingerprint density at radius 3 is 2.69 bits per heavy atom. The monoisotopic (exact) mass is 520 g/mol. The third-order valence-electron chi connectivity index (χ3n) is 6.29. The second kappa shape index (κ2) is 10.1. The number of benzene rings is 2. The minimum absolute atomic E-state index is 0.130. The van der Waals surface area contributed by atoms with E-state index in [1.54, 1.807) is 36.5 Å². The zero-order chi connectivity index (χ0) is 26.8. The first-order valence-corrected chi connectivity index (χ1v) is 12.3. The maximum Gasteiger partial charge on any atom is 0.251 e. The second-order valence-electron chi connectivity index (χ2n) is 8.86. The normalized spacial score (nSPS) is 11.1. The highest BCUT2D eigenvalue weighted by atomic mass is 16.6. The number of hydrogen-bond acceptors (Lipinski definition) is 8. The van der Waals surface area contributed by atoms with E-state index in [4.69, 9.17) is 15.1 Å². The van der Waals surface area contributed by atoms with Gasteiger partial charge in [0.2, 0.25) is 5.88 Å². The number of nitrogen functional groups attached to an aromatic ring is 1. The van der Waals surface area contributed by atoms with Crippen molar-refractivity contribution >= 4 is 22.8 Å². The quantitative estimate of drug-likeness (QED) is 0.305. The van der Waals surface area contributed by atoms with Crippen molar-refractivity contribution in [2.45, 2.75) is 6.42 Å². The largest absolute Gasteiger partial charge is 0.439 e. The number of rotatable bonds is 8. The Balaban J connectivity index is 1.27. The van der Waals surface area contributed by atoms with Gasteiger partial charge in [0.25, 0.3) is 5.91 Å². The van der Waals surface area contributed by atoms with Crippen molar-refractivity contribution in [2.24, 2.45) is 7.05 Å². The van der Waals surface area contributed by atoms with Crippen molar-refractivity contribution < 1.29 is 14.2 Å². The van der Waals surface area contributed by atoms with Crippen LogP contribution in [-0.2, 0) is 13.5 Å². The van der Waals surface area contributed by atoms with Crippen LogP contribution in [0, 0.1) is 0 Å². The summed E-state index contributed by atoms with van der Waals surface area (Å²) in [7, 11) is 1.98. The summed E-state index contributed by atoms with van der Waals surface area (Å²) in [6.45, 7) is 0.525. The number of carbonyl (C=O) groups is 1. The molecule has 0 atom stereocenters. The Morgan fingerprint density at radius 1 is 1.05 bits per heavy atom. The molecular weight excluding hydrogens is 496 g/mol. The predicted octanol–water partition coefficient (Wildman–Crippen LogP) is 4.16. The Morgan fingerprint density at radius 2 is 1.92 bits per heavy atom. The zero-order valence-corrected chi connectivity index (χ0v) is 21.0. The van der Waals surface area contributed by atoms with Gasteiger partial charge in [-0.2, -0.15) is 0 Å². The van der Waals surface area contributed by atoms with E-state index < -0.39 is 0 Å². The summed E-state index contributed by atoms with van der Waals surface area (Å²) in [4.78, 5) is 21.9. The number of aromatic nitrogens is 6. The molecule has 0 aliphatic rings. The fourth-order valence-corrected chi connectivity index (χ4v) is 4.35. The molecule has 0 unspecified atom stereocenters. The second-order valence-corrected chi connectivity index (χ2v) is 8.86. The molecule has 11 nitrogen and oxygen atoms in total. The zero-order valence-electron chi connectivity index (χ0n) is 21.0. The minimum atomic E-state index is -0.177. The van der Waals surface area contributed by atoms with Crippen LogP contribution in [0.25, 0.3) is 28.2 Å². The van der Waals surface area contributed by atoms with Gasteiger partial charge in [-0.15, -0.1) is 0 Å². The van der Waals surface area contributed by atoms with Crippen molar-refractivity contribution in [3.05, 3.63) is 96.4 Å². The van der Waals surface area contributed by atoms with E-state index >= 15 is 0 Å². The summed E-state index contributed by atoms with van der Waals surface area (Å²) in [5.41, 5.74) is 10.1. The Kier molecular flexibility index (Phi) is 6.21. The third-order valence-corrected chi connectivity index (χ3v) is 6.29. The number of nitrogens with two attached hydrogens (primary N) is 1. The lowest BCUT2D eigenvalue weighted by Gasteiger charge is -2.10. The summed E-state index contributed by atoms with van der Waals surface area (Å²) in [5, 5.41) is 10.6. The standard InChI is InChI=1S/C28H24N8O3/c1-35-14-6-10-19(35)12-13-30-28(37)18-7-5-11-21(15-18)38-24-16-23-22(17-31-24)32-27(25-26(29)34-39-33-25)36(23)20-8-3-2-4-9-20/h2-11,14-17H,12-13H2,1H3,(H2,29,34)(H,30,37). The molecule has 0 spiro atoms. The minimum Gasteiger partial charge on any atom is -0.439 e. The van der Waals surface area contributed by atoms with Gasteiger partial charge in [0, 0.05) is 49.2 Å². The smallest absolute Gasteiger partial charge is 0.251 e. The molecule has 0 radical (unpaired) electrons. The highest BCUT2D eigenvalue weighted by Gasteiger charge is 2.21. The molecule has 1 amide bonds. The molecule has 0 aliphatic heterocycles. The van der Waals surface area contributed by atoms with Crippen molar-refractivity contribution in [1.82, 2.24) is 34.7 Å². The molecule has 4 heterocycles. The van der Waals surface area contributed by atoms with E-state index in [9.17, 15) is 4.79 Å². The van der Waals surface area contributed by atoms with E-state index in [0.717, 1.165) is 23.3 Å². The summed E-state index contributed by atoms with van der Waals surface area (Å²) < 4.78 is 14.8. The summed E-state index contributed by atoms with van der Waals surface area (Å²) >= 11 is 0. The maximum atomic E-state index is 12.8. The van der Waals surface area contributed by atoms with Gasteiger partial charge >= 0.3 is 0 Å². The van der Waals surface area contributed by atoms with Gasteiger partial charge in [-0.1, -0.05) is 24.3 Å².